The first-order chi connectivity index (χ1) is 10.1. The lowest BCUT2D eigenvalue weighted by Gasteiger charge is -2.29. The zero-order valence-electron chi connectivity index (χ0n) is 12.3. The molecule has 0 aromatic carbocycles. The van der Waals surface area contributed by atoms with E-state index in [1.54, 1.807) is 31.5 Å². The van der Waals surface area contributed by atoms with Crippen molar-refractivity contribution in [1.29, 1.82) is 0 Å². The summed E-state index contributed by atoms with van der Waals surface area (Å²) in [5.41, 5.74) is 0. The Morgan fingerprint density at radius 3 is 2.95 bits per heavy atom. The average molecular weight is 294 g/mol. The lowest BCUT2D eigenvalue weighted by Crippen LogP contribution is -2.44. The Balaban J connectivity index is 1.74. The summed E-state index contributed by atoms with van der Waals surface area (Å²) in [6, 6.07) is 3.54. The van der Waals surface area contributed by atoms with E-state index in [4.69, 9.17) is 9.15 Å². The summed E-state index contributed by atoms with van der Waals surface area (Å²) < 4.78 is 10.4. The molecule has 1 aromatic rings. The van der Waals surface area contributed by atoms with Gasteiger partial charge in [0.05, 0.1) is 25.6 Å². The van der Waals surface area contributed by atoms with Crippen LogP contribution >= 0.6 is 0 Å². The summed E-state index contributed by atoms with van der Waals surface area (Å²) in [6.07, 6.45) is 4.06. The Kier molecular flexibility index (Phi) is 5.98. The second-order valence-corrected chi connectivity index (χ2v) is 5.13. The van der Waals surface area contributed by atoms with E-state index in [0.29, 0.717) is 32.1 Å². The van der Waals surface area contributed by atoms with Crippen molar-refractivity contribution < 1.29 is 19.1 Å². The van der Waals surface area contributed by atoms with E-state index in [1.165, 1.54) is 11.0 Å². The molecule has 21 heavy (non-hydrogen) atoms. The summed E-state index contributed by atoms with van der Waals surface area (Å²) in [5, 5.41) is 10.1. The van der Waals surface area contributed by atoms with Gasteiger partial charge in [-0.05, 0) is 18.2 Å². The number of β-amino-alcohol motifs (C(OH)–C–C–N with tert-alkyl or cyclic N) is 1. The lowest BCUT2D eigenvalue weighted by atomic mass is 10.2. The quantitative estimate of drug-likeness (QED) is 0.771. The fraction of sp³-hybridized carbons (Fsp3) is 0.533. The number of rotatable bonds is 6. The largest absolute Gasteiger partial charge is 0.465 e. The molecule has 1 aliphatic heterocycles. The standard InChI is InChI=1S/C15H22N2O4/c1-16(15(19)5-4-14-3-2-8-21-14)11-13(18)12-17-6-9-20-10-7-17/h2-5,8,13,18H,6-7,9-12H2,1H3. The molecule has 6 nitrogen and oxygen atoms in total. The van der Waals surface area contributed by atoms with Gasteiger partial charge in [0.15, 0.2) is 0 Å². The number of amides is 1. The molecule has 0 radical (unpaired) electrons. The molecule has 1 unspecified atom stereocenters. The van der Waals surface area contributed by atoms with Gasteiger partial charge in [-0.2, -0.15) is 0 Å². The Morgan fingerprint density at radius 1 is 1.52 bits per heavy atom. The first-order valence-electron chi connectivity index (χ1n) is 7.10. The van der Waals surface area contributed by atoms with Gasteiger partial charge in [-0.1, -0.05) is 0 Å². The van der Waals surface area contributed by atoms with Crippen LogP contribution < -0.4 is 0 Å². The van der Waals surface area contributed by atoms with Gasteiger partial charge in [-0.3, -0.25) is 9.69 Å². The number of aliphatic hydroxyl groups excluding tert-OH is 1. The van der Waals surface area contributed by atoms with Crippen molar-refractivity contribution in [2.45, 2.75) is 6.10 Å². The molecule has 1 amide bonds. The van der Waals surface area contributed by atoms with Gasteiger partial charge >= 0.3 is 0 Å². The molecule has 1 aliphatic rings. The molecule has 1 saturated heterocycles. The second-order valence-electron chi connectivity index (χ2n) is 5.13. The summed E-state index contributed by atoms with van der Waals surface area (Å²) in [4.78, 5) is 15.6. The number of morpholine rings is 1. The Bertz CT molecular complexity index is 452. The Hall–Kier alpha value is -1.63. The number of aliphatic hydroxyl groups is 1. The molecule has 2 rings (SSSR count). The summed E-state index contributed by atoms with van der Waals surface area (Å²) in [7, 11) is 1.68. The highest BCUT2D eigenvalue weighted by Gasteiger charge is 2.17. The van der Waals surface area contributed by atoms with Crippen molar-refractivity contribution in [2.75, 3.05) is 46.4 Å². The van der Waals surface area contributed by atoms with Gasteiger partial charge in [0.25, 0.3) is 0 Å². The van der Waals surface area contributed by atoms with E-state index in [0.717, 1.165) is 13.1 Å². The number of nitrogens with zero attached hydrogens (tertiary/aromatic N) is 2. The minimum Gasteiger partial charge on any atom is -0.465 e. The van der Waals surface area contributed by atoms with Crippen molar-refractivity contribution in [1.82, 2.24) is 9.80 Å². The summed E-state index contributed by atoms with van der Waals surface area (Å²) in [6.45, 7) is 3.92. The second kappa shape index (κ2) is 7.97. The third-order valence-corrected chi connectivity index (χ3v) is 3.37. The molecule has 6 heteroatoms. The molecule has 0 spiro atoms. The van der Waals surface area contributed by atoms with Crippen molar-refractivity contribution in [3.05, 3.63) is 30.2 Å². The van der Waals surface area contributed by atoms with E-state index in [9.17, 15) is 9.90 Å². The molecular formula is C15H22N2O4. The van der Waals surface area contributed by atoms with Crippen LogP contribution in [-0.4, -0.2) is 73.4 Å². The van der Waals surface area contributed by atoms with Gasteiger partial charge in [0.1, 0.15) is 5.76 Å². The van der Waals surface area contributed by atoms with Crippen LogP contribution in [0.4, 0.5) is 0 Å². The zero-order valence-corrected chi connectivity index (χ0v) is 12.3. The van der Waals surface area contributed by atoms with Crippen molar-refractivity contribution in [3.8, 4) is 0 Å². The van der Waals surface area contributed by atoms with E-state index in [-0.39, 0.29) is 5.91 Å². The molecule has 0 aliphatic carbocycles. The van der Waals surface area contributed by atoms with Crippen LogP contribution in [0.3, 0.4) is 0 Å². The first-order valence-corrected chi connectivity index (χ1v) is 7.10. The maximum Gasteiger partial charge on any atom is 0.246 e. The topological polar surface area (TPSA) is 66.2 Å². The molecule has 1 N–H and O–H groups in total. The van der Waals surface area contributed by atoms with Crippen LogP contribution in [0.5, 0.6) is 0 Å². The first kappa shape index (κ1) is 15.8. The highest BCUT2D eigenvalue weighted by molar-refractivity contribution is 5.91. The molecular weight excluding hydrogens is 272 g/mol. The predicted molar refractivity (Wildman–Crippen MR) is 78.6 cm³/mol. The minimum atomic E-state index is -0.561. The zero-order chi connectivity index (χ0) is 15.1. The van der Waals surface area contributed by atoms with Gasteiger partial charge < -0.3 is 19.2 Å². The average Bonchev–Trinajstić information content (AvgIpc) is 2.98. The smallest absolute Gasteiger partial charge is 0.246 e. The molecule has 0 bridgehead atoms. The van der Waals surface area contributed by atoms with Gasteiger partial charge in [0.2, 0.25) is 5.91 Å². The third kappa shape index (κ3) is 5.34. The normalized spacial score (nSPS) is 18.0. The maximum absolute atomic E-state index is 11.9. The van der Waals surface area contributed by atoms with E-state index < -0.39 is 6.10 Å². The highest BCUT2D eigenvalue weighted by atomic mass is 16.5. The number of hydrogen-bond acceptors (Lipinski definition) is 5. The number of hydrogen-bond donors (Lipinski definition) is 1. The van der Waals surface area contributed by atoms with Crippen LogP contribution in [0.2, 0.25) is 0 Å². The predicted octanol–water partition coefficient (Wildman–Crippen LogP) is 0.444. The monoisotopic (exact) mass is 294 g/mol. The van der Waals surface area contributed by atoms with Crippen molar-refractivity contribution in [2.24, 2.45) is 0 Å². The summed E-state index contributed by atoms with van der Waals surface area (Å²) >= 11 is 0. The molecule has 2 heterocycles. The molecule has 0 saturated carbocycles. The van der Waals surface area contributed by atoms with Gasteiger partial charge in [0, 0.05) is 39.3 Å². The lowest BCUT2D eigenvalue weighted by molar-refractivity contribution is -0.126. The van der Waals surface area contributed by atoms with Gasteiger partial charge in [-0.25, -0.2) is 0 Å². The Morgan fingerprint density at radius 2 is 2.29 bits per heavy atom. The maximum atomic E-state index is 11.9. The fourth-order valence-corrected chi connectivity index (χ4v) is 2.21. The highest BCUT2D eigenvalue weighted by Crippen LogP contribution is 2.04. The van der Waals surface area contributed by atoms with E-state index in [1.807, 2.05) is 0 Å². The molecule has 1 aromatic heterocycles. The van der Waals surface area contributed by atoms with E-state index >= 15 is 0 Å². The van der Waals surface area contributed by atoms with Crippen LogP contribution in [-0.2, 0) is 9.53 Å². The van der Waals surface area contributed by atoms with Gasteiger partial charge in [-0.15, -0.1) is 0 Å². The molecule has 116 valence electrons. The molecule has 1 fully saturated rings. The third-order valence-electron chi connectivity index (χ3n) is 3.37. The Labute approximate surface area is 124 Å². The van der Waals surface area contributed by atoms with Crippen LogP contribution in [0, 0.1) is 0 Å². The number of ether oxygens (including phenoxy) is 1. The fourth-order valence-electron chi connectivity index (χ4n) is 2.21. The van der Waals surface area contributed by atoms with Crippen LogP contribution in [0.1, 0.15) is 5.76 Å². The summed E-state index contributed by atoms with van der Waals surface area (Å²) in [5.74, 6) is 0.470. The van der Waals surface area contributed by atoms with Crippen molar-refractivity contribution >= 4 is 12.0 Å². The van der Waals surface area contributed by atoms with Crippen molar-refractivity contribution in [3.63, 3.8) is 0 Å². The number of carbonyl (C=O) groups is 1. The minimum absolute atomic E-state index is 0.160. The van der Waals surface area contributed by atoms with Crippen LogP contribution in [0.25, 0.3) is 6.08 Å². The van der Waals surface area contributed by atoms with Crippen LogP contribution in [0.15, 0.2) is 28.9 Å². The SMILES string of the molecule is CN(CC(O)CN1CCOCC1)C(=O)C=Cc1ccco1. The number of furan rings is 1. The number of likely N-dealkylation sites (N-methyl/N-ethyl adjacent to an activating group) is 1. The number of carbonyl (C=O) groups excluding carboxylic acids is 1. The van der Waals surface area contributed by atoms with E-state index in [2.05, 4.69) is 4.90 Å². The molecule has 1 atom stereocenters.